The normalized spacial score (nSPS) is 11.1. The highest BCUT2D eigenvalue weighted by atomic mass is 14.9. The number of pyridine rings is 1. The van der Waals surface area contributed by atoms with Crippen molar-refractivity contribution in [3.63, 3.8) is 0 Å². The molecule has 3 aromatic heterocycles. The molecule has 0 radical (unpaired) electrons. The zero-order valence-corrected chi connectivity index (χ0v) is 31.8. The van der Waals surface area contributed by atoms with Crippen molar-refractivity contribution in [2.75, 3.05) is 0 Å². The number of nitrogens with zero attached hydrogens (tertiary/aromatic N) is 3. The second-order valence-electron chi connectivity index (χ2n) is 14.3. The van der Waals surface area contributed by atoms with E-state index < -0.39 is 0 Å². The van der Waals surface area contributed by atoms with E-state index in [1.165, 1.54) is 55.1 Å². The average molecular weight is 720 g/mol. The van der Waals surface area contributed by atoms with Crippen molar-refractivity contribution in [1.29, 1.82) is 0 Å². The highest BCUT2D eigenvalue weighted by Gasteiger charge is 2.20. The van der Waals surface area contributed by atoms with E-state index in [0.717, 1.165) is 39.2 Å². The molecule has 3 heteroatoms. The number of rotatable bonds is 5. The van der Waals surface area contributed by atoms with Crippen molar-refractivity contribution in [2.45, 2.75) is 20.8 Å². The zero-order valence-electron chi connectivity index (χ0n) is 31.8. The van der Waals surface area contributed by atoms with Crippen LogP contribution in [0.25, 0.3) is 83.3 Å². The summed E-state index contributed by atoms with van der Waals surface area (Å²) in [5, 5.41) is 3.80. The van der Waals surface area contributed by atoms with Gasteiger partial charge in [0.25, 0.3) is 0 Å². The molecule has 0 saturated heterocycles. The third-order valence-corrected chi connectivity index (χ3v) is 10.8. The predicted molar refractivity (Wildman–Crippen MR) is 236 cm³/mol. The minimum absolute atomic E-state index is 0.710. The van der Waals surface area contributed by atoms with Gasteiger partial charge in [-0.25, -0.2) is 9.97 Å². The van der Waals surface area contributed by atoms with E-state index in [0.29, 0.717) is 5.82 Å². The van der Waals surface area contributed by atoms with E-state index in [2.05, 4.69) is 171 Å². The molecule has 0 aliphatic rings. The standard InChI is InChI=1S/C47H35N3.C6H6/c1-30-15-10-11-22-38(30)45-32(3)50-44-24-13-12-23-39(44)31(2)46(50)41-28-36(25-26-40(41)45)35-20-14-21-37(27-35)47-48-42(33-16-6-4-7-17-33)29-43(49-47)34-18-8-5-9-19-34;1-2-4-6-5-3-1/h4-29H,1-3H3;1-6H. The van der Waals surface area contributed by atoms with Crippen LogP contribution >= 0.6 is 0 Å². The van der Waals surface area contributed by atoms with Crippen molar-refractivity contribution in [3.05, 3.63) is 211 Å². The lowest BCUT2D eigenvalue weighted by Gasteiger charge is -2.18. The summed E-state index contributed by atoms with van der Waals surface area (Å²) >= 11 is 0. The molecule has 0 unspecified atom stereocenters. The summed E-state index contributed by atoms with van der Waals surface area (Å²) in [6.07, 6.45) is 0. The Hall–Kier alpha value is -7.10. The Morgan fingerprint density at radius 3 is 1.59 bits per heavy atom. The van der Waals surface area contributed by atoms with Crippen LogP contribution in [-0.2, 0) is 0 Å². The van der Waals surface area contributed by atoms with Gasteiger partial charge in [-0.1, -0.05) is 170 Å². The SMILES string of the molecule is Cc1ccccc1-c1c(C)n2c3ccccc3c(C)c2c2cc(-c3cccc(-c4nc(-c5ccccc5)cc(-c5ccccc5)n4)c3)ccc12.c1ccccc1. The maximum absolute atomic E-state index is 5.11. The van der Waals surface area contributed by atoms with Gasteiger partial charge in [-0.05, 0) is 78.2 Å². The molecule has 0 amide bonds. The smallest absolute Gasteiger partial charge is 0.160 e. The molecule has 0 fully saturated rings. The maximum atomic E-state index is 5.11. The van der Waals surface area contributed by atoms with E-state index in [4.69, 9.17) is 9.97 Å². The molecule has 3 nitrogen and oxygen atoms in total. The highest BCUT2D eigenvalue weighted by molar-refractivity contribution is 6.12. The van der Waals surface area contributed by atoms with Gasteiger partial charge in [0.05, 0.1) is 22.4 Å². The Morgan fingerprint density at radius 1 is 0.393 bits per heavy atom. The van der Waals surface area contributed by atoms with Crippen molar-refractivity contribution >= 4 is 27.2 Å². The van der Waals surface area contributed by atoms with Crippen LogP contribution in [0.3, 0.4) is 0 Å². The number of fused-ring (bicyclic) bond motifs is 5. The summed E-state index contributed by atoms with van der Waals surface area (Å²) in [4.78, 5) is 10.2. The van der Waals surface area contributed by atoms with Gasteiger partial charge in [0.1, 0.15) is 0 Å². The van der Waals surface area contributed by atoms with Gasteiger partial charge in [0.15, 0.2) is 5.82 Å². The number of hydrogen-bond donors (Lipinski definition) is 0. The Bertz CT molecular complexity index is 2900. The molecule has 0 spiro atoms. The first-order valence-electron chi connectivity index (χ1n) is 19.2. The molecule has 0 saturated carbocycles. The van der Waals surface area contributed by atoms with E-state index in [1.807, 2.05) is 48.5 Å². The second-order valence-corrected chi connectivity index (χ2v) is 14.3. The third kappa shape index (κ3) is 6.44. The minimum atomic E-state index is 0.710. The van der Waals surface area contributed by atoms with Crippen molar-refractivity contribution in [1.82, 2.24) is 14.4 Å². The van der Waals surface area contributed by atoms with Crippen molar-refractivity contribution in [3.8, 4) is 56.2 Å². The van der Waals surface area contributed by atoms with Crippen LogP contribution in [0.15, 0.2) is 194 Å². The summed E-state index contributed by atoms with van der Waals surface area (Å²) in [6.45, 7) is 6.74. The molecular formula is C53H41N3. The number of aromatic nitrogens is 3. The fourth-order valence-electron chi connectivity index (χ4n) is 8.02. The van der Waals surface area contributed by atoms with E-state index >= 15 is 0 Å². The monoisotopic (exact) mass is 719 g/mol. The fraction of sp³-hybridized carbons (Fsp3) is 0.0566. The molecular weight excluding hydrogens is 679 g/mol. The molecule has 0 aliphatic heterocycles. The summed E-state index contributed by atoms with van der Waals surface area (Å²) < 4.78 is 2.48. The molecule has 7 aromatic carbocycles. The van der Waals surface area contributed by atoms with Gasteiger partial charge < -0.3 is 4.40 Å². The highest BCUT2D eigenvalue weighted by Crippen LogP contribution is 2.42. The second kappa shape index (κ2) is 15.0. The van der Waals surface area contributed by atoms with Gasteiger partial charge in [-0.2, -0.15) is 0 Å². The lowest BCUT2D eigenvalue weighted by Crippen LogP contribution is -1.99. The van der Waals surface area contributed by atoms with Crippen LogP contribution in [0, 0.1) is 20.8 Å². The molecule has 0 atom stereocenters. The first-order valence-corrected chi connectivity index (χ1v) is 19.2. The summed E-state index contributed by atoms with van der Waals surface area (Å²) in [5.41, 5.74) is 16.1. The van der Waals surface area contributed by atoms with E-state index in [1.54, 1.807) is 0 Å². The van der Waals surface area contributed by atoms with Crippen LogP contribution in [0.4, 0.5) is 0 Å². The Morgan fingerprint density at radius 2 is 0.929 bits per heavy atom. The predicted octanol–water partition coefficient (Wildman–Crippen LogP) is 14.0. The Kier molecular flexibility index (Phi) is 9.26. The lowest BCUT2D eigenvalue weighted by molar-refractivity contribution is 1.15. The van der Waals surface area contributed by atoms with Crippen LogP contribution in [-0.4, -0.2) is 14.4 Å². The Balaban J connectivity index is 0.000000626. The average Bonchev–Trinajstić information content (AvgIpc) is 3.58. The third-order valence-electron chi connectivity index (χ3n) is 10.8. The van der Waals surface area contributed by atoms with E-state index in [9.17, 15) is 0 Å². The van der Waals surface area contributed by atoms with Crippen molar-refractivity contribution < 1.29 is 0 Å². The van der Waals surface area contributed by atoms with Crippen LogP contribution in [0.2, 0.25) is 0 Å². The van der Waals surface area contributed by atoms with Crippen molar-refractivity contribution in [2.24, 2.45) is 0 Å². The fourth-order valence-corrected chi connectivity index (χ4v) is 8.02. The lowest BCUT2D eigenvalue weighted by atomic mass is 9.91. The zero-order chi connectivity index (χ0) is 38.0. The number of para-hydroxylation sites is 1. The largest absolute Gasteiger partial charge is 0.312 e. The molecule has 3 heterocycles. The molecule has 56 heavy (non-hydrogen) atoms. The minimum Gasteiger partial charge on any atom is -0.312 e. The first kappa shape index (κ1) is 34.7. The topological polar surface area (TPSA) is 30.2 Å². The summed E-state index contributed by atoms with van der Waals surface area (Å²) in [5.74, 6) is 0.710. The molecule has 0 aliphatic carbocycles. The van der Waals surface area contributed by atoms with Gasteiger partial charge in [-0.15, -0.1) is 0 Å². The van der Waals surface area contributed by atoms with Gasteiger partial charge in [-0.3, -0.25) is 0 Å². The van der Waals surface area contributed by atoms with Crippen LogP contribution in [0.5, 0.6) is 0 Å². The summed E-state index contributed by atoms with van der Waals surface area (Å²) in [6, 6.07) is 67.9. The molecule has 10 aromatic rings. The maximum Gasteiger partial charge on any atom is 0.160 e. The number of hydrogen-bond acceptors (Lipinski definition) is 2. The van der Waals surface area contributed by atoms with Gasteiger partial charge >= 0.3 is 0 Å². The first-order chi connectivity index (χ1) is 27.5. The van der Waals surface area contributed by atoms with Gasteiger partial charge in [0, 0.05) is 38.7 Å². The van der Waals surface area contributed by atoms with Crippen LogP contribution < -0.4 is 0 Å². The molecule has 268 valence electrons. The van der Waals surface area contributed by atoms with E-state index in [-0.39, 0.29) is 0 Å². The molecule has 0 N–H and O–H groups in total. The van der Waals surface area contributed by atoms with Gasteiger partial charge in [0.2, 0.25) is 0 Å². The quantitative estimate of drug-likeness (QED) is 0.177. The van der Waals surface area contributed by atoms with Crippen LogP contribution in [0.1, 0.15) is 16.8 Å². The Labute approximate surface area is 328 Å². The molecule has 10 rings (SSSR count). The summed E-state index contributed by atoms with van der Waals surface area (Å²) in [7, 11) is 0. The number of aryl methyl sites for hydroxylation is 3. The molecule has 0 bridgehead atoms. The number of benzene rings is 7.